The van der Waals surface area contributed by atoms with Gasteiger partial charge in [0.1, 0.15) is 5.75 Å². The molecule has 9 heteroatoms. The van der Waals surface area contributed by atoms with Gasteiger partial charge in [0, 0.05) is 12.1 Å². The smallest absolute Gasteiger partial charge is 0.456 e. The van der Waals surface area contributed by atoms with Gasteiger partial charge >= 0.3 is 12.1 Å². The van der Waals surface area contributed by atoms with E-state index in [1.54, 1.807) is 0 Å². The number of nitrogens with two attached hydrogens (primary N) is 1. The van der Waals surface area contributed by atoms with Gasteiger partial charge in [-0.2, -0.15) is 22.0 Å². The number of methoxy groups -OCH3 is 1. The molecular formula is C10H9F6NO2. The Balaban J connectivity index is 2.90. The zero-order chi connectivity index (χ0) is 14.8. The summed E-state index contributed by atoms with van der Waals surface area (Å²) in [5, 5.41) is 0. The van der Waals surface area contributed by atoms with Crippen LogP contribution in [0.25, 0.3) is 0 Å². The fourth-order valence-electron chi connectivity index (χ4n) is 1.09. The molecule has 0 heterocycles. The largest absolute Gasteiger partial charge is 0.494 e. The zero-order valence-electron chi connectivity index (χ0n) is 9.52. The summed E-state index contributed by atoms with van der Waals surface area (Å²) in [6.45, 7) is -2.04. The quantitative estimate of drug-likeness (QED) is 0.684. The summed E-state index contributed by atoms with van der Waals surface area (Å²) < 4.78 is 82.9. The Morgan fingerprint density at radius 2 is 1.68 bits per heavy atom. The van der Waals surface area contributed by atoms with Gasteiger partial charge < -0.3 is 15.2 Å². The number of benzene rings is 1. The van der Waals surface area contributed by atoms with Gasteiger partial charge in [0.15, 0.2) is 18.2 Å². The molecule has 0 saturated heterocycles. The van der Waals surface area contributed by atoms with Gasteiger partial charge in [-0.15, -0.1) is 0 Å². The second-order valence-corrected chi connectivity index (χ2v) is 3.52. The molecule has 0 aromatic heterocycles. The third kappa shape index (κ3) is 3.36. The highest BCUT2D eigenvalue weighted by Gasteiger charge is 2.58. The number of nitrogen functional groups attached to an aromatic ring is 1. The topological polar surface area (TPSA) is 44.5 Å². The molecule has 1 rings (SSSR count). The van der Waals surface area contributed by atoms with Crippen molar-refractivity contribution < 1.29 is 35.8 Å². The summed E-state index contributed by atoms with van der Waals surface area (Å²) in [5.74, 6) is -7.17. The van der Waals surface area contributed by atoms with Gasteiger partial charge in [-0.1, -0.05) is 0 Å². The van der Waals surface area contributed by atoms with Crippen LogP contribution in [0.4, 0.5) is 32.0 Å². The maximum absolute atomic E-state index is 13.3. The third-order valence-electron chi connectivity index (χ3n) is 2.11. The van der Waals surface area contributed by atoms with E-state index in [1.165, 1.54) is 0 Å². The number of hydrogen-bond acceptors (Lipinski definition) is 3. The molecule has 0 bridgehead atoms. The fourth-order valence-corrected chi connectivity index (χ4v) is 1.09. The Kier molecular flexibility index (Phi) is 4.06. The van der Waals surface area contributed by atoms with Crippen LogP contribution in [0.1, 0.15) is 0 Å². The molecule has 0 aliphatic rings. The predicted molar refractivity (Wildman–Crippen MR) is 53.9 cm³/mol. The van der Waals surface area contributed by atoms with Crippen molar-refractivity contribution in [2.75, 3.05) is 19.5 Å². The van der Waals surface area contributed by atoms with Gasteiger partial charge in [0.05, 0.1) is 12.8 Å². The van der Waals surface area contributed by atoms with Crippen LogP contribution in [0.3, 0.4) is 0 Å². The van der Waals surface area contributed by atoms with E-state index in [0.717, 1.165) is 13.2 Å². The van der Waals surface area contributed by atoms with E-state index in [4.69, 9.17) is 5.73 Å². The predicted octanol–water partition coefficient (Wildman–Crippen LogP) is 2.99. The summed E-state index contributed by atoms with van der Waals surface area (Å²) >= 11 is 0. The van der Waals surface area contributed by atoms with Crippen molar-refractivity contribution in [3.63, 3.8) is 0 Å². The average Bonchev–Trinajstić information content (AvgIpc) is 2.26. The van der Waals surface area contributed by atoms with Gasteiger partial charge in [-0.05, 0) is 0 Å². The van der Waals surface area contributed by atoms with E-state index in [1.807, 2.05) is 0 Å². The van der Waals surface area contributed by atoms with Crippen LogP contribution in [-0.4, -0.2) is 25.8 Å². The van der Waals surface area contributed by atoms with E-state index in [-0.39, 0.29) is 11.4 Å². The summed E-state index contributed by atoms with van der Waals surface area (Å²) in [4.78, 5) is 0. The van der Waals surface area contributed by atoms with Crippen LogP contribution < -0.4 is 15.2 Å². The molecule has 0 amide bonds. The highest BCUT2D eigenvalue weighted by molar-refractivity contribution is 5.56. The lowest BCUT2D eigenvalue weighted by molar-refractivity contribution is -0.290. The van der Waals surface area contributed by atoms with E-state index in [9.17, 15) is 26.3 Å². The number of ether oxygens (including phenoxy) is 2. The van der Waals surface area contributed by atoms with Gasteiger partial charge in [-0.25, -0.2) is 4.39 Å². The second-order valence-electron chi connectivity index (χ2n) is 3.52. The van der Waals surface area contributed by atoms with Crippen LogP contribution in [0.2, 0.25) is 0 Å². The SMILES string of the molecule is COc1cc(OCC(F)(F)C(F)(F)F)c(F)cc1N. The van der Waals surface area contributed by atoms with Gasteiger partial charge in [0.2, 0.25) is 0 Å². The summed E-state index contributed by atoms with van der Waals surface area (Å²) in [6, 6.07) is 1.48. The van der Waals surface area contributed by atoms with Gasteiger partial charge in [0.25, 0.3) is 0 Å². The first-order valence-electron chi connectivity index (χ1n) is 4.79. The molecule has 1 aromatic rings. The standard InChI is InChI=1S/C10H9F6NO2/c1-18-8-3-7(5(11)2-6(8)17)19-4-9(12,13)10(14,15)16/h2-3H,4,17H2,1H3. The minimum Gasteiger partial charge on any atom is -0.494 e. The number of hydrogen-bond donors (Lipinski definition) is 1. The fraction of sp³-hybridized carbons (Fsp3) is 0.400. The van der Waals surface area contributed by atoms with E-state index in [2.05, 4.69) is 9.47 Å². The van der Waals surface area contributed by atoms with Crippen LogP contribution >= 0.6 is 0 Å². The van der Waals surface area contributed by atoms with Crippen LogP contribution in [0, 0.1) is 5.82 Å². The minimum absolute atomic E-state index is 0.105. The molecule has 0 aliphatic carbocycles. The molecule has 0 aliphatic heterocycles. The van der Waals surface area contributed by atoms with Crippen molar-refractivity contribution in [1.82, 2.24) is 0 Å². The van der Waals surface area contributed by atoms with Crippen LogP contribution in [-0.2, 0) is 0 Å². The van der Waals surface area contributed by atoms with Crippen molar-refractivity contribution in [2.24, 2.45) is 0 Å². The molecular weight excluding hydrogens is 280 g/mol. The number of halogens is 6. The lowest BCUT2D eigenvalue weighted by atomic mass is 10.2. The zero-order valence-corrected chi connectivity index (χ0v) is 9.52. The minimum atomic E-state index is -5.78. The molecule has 3 nitrogen and oxygen atoms in total. The Morgan fingerprint density at radius 3 is 2.16 bits per heavy atom. The molecule has 2 N–H and O–H groups in total. The number of alkyl halides is 5. The van der Waals surface area contributed by atoms with E-state index >= 15 is 0 Å². The second kappa shape index (κ2) is 5.06. The monoisotopic (exact) mass is 289 g/mol. The maximum atomic E-state index is 13.3. The van der Waals surface area contributed by atoms with Gasteiger partial charge in [-0.3, -0.25) is 0 Å². The number of anilines is 1. The molecule has 0 radical (unpaired) electrons. The third-order valence-corrected chi connectivity index (χ3v) is 2.11. The van der Waals surface area contributed by atoms with Crippen molar-refractivity contribution in [3.05, 3.63) is 17.9 Å². The van der Waals surface area contributed by atoms with Crippen LogP contribution in [0.5, 0.6) is 11.5 Å². The van der Waals surface area contributed by atoms with Crippen molar-refractivity contribution in [3.8, 4) is 11.5 Å². The first-order valence-corrected chi connectivity index (χ1v) is 4.79. The normalized spacial score (nSPS) is 12.4. The van der Waals surface area contributed by atoms with Crippen molar-refractivity contribution >= 4 is 5.69 Å². The molecule has 1 aromatic carbocycles. The lowest BCUT2D eigenvalue weighted by Crippen LogP contribution is -2.41. The summed E-state index contributed by atoms with van der Waals surface area (Å²) in [5.41, 5.74) is 5.16. The Hall–Kier alpha value is -1.80. The molecule has 0 spiro atoms. The highest BCUT2D eigenvalue weighted by atomic mass is 19.4. The Bertz CT molecular complexity index is 460. The molecule has 108 valence electrons. The average molecular weight is 289 g/mol. The number of rotatable bonds is 4. The van der Waals surface area contributed by atoms with Crippen molar-refractivity contribution in [2.45, 2.75) is 12.1 Å². The molecule has 0 unspecified atom stereocenters. The first-order chi connectivity index (χ1) is 8.58. The highest BCUT2D eigenvalue weighted by Crippen LogP contribution is 2.37. The molecule has 0 saturated carbocycles. The maximum Gasteiger partial charge on any atom is 0.456 e. The van der Waals surface area contributed by atoms with E-state index in [0.29, 0.717) is 6.07 Å². The summed E-state index contributed by atoms with van der Waals surface area (Å²) in [7, 11) is 1.16. The van der Waals surface area contributed by atoms with E-state index < -0.39 is 30.3 Å². The Morgan fingerprint density at radius 1 is 1.11 bits per heavy atom. The van der Waals surface area contributed by atoms with Crippen LogP contribution in [0.15, 0.2) is 12.1 Å². The molecule has 0 fully saturated rings. The Labute approximate surface area is 103 Å². The summed E-state index contributed by atoms with van der Waals surface area (Å²) in [6.07, 6.45) is -5.78. The lowest BCUT2D eigenvalue weighted by Gasteiger charge is -2.20. The molecule has 0 atom stereocenters. The molecule has 19 heavy (non-hydrogen) atoms. The first kappa shape index (κ1) is 15.3. The van der Waals surface area contributed by atoms with Crippen molar-refractivity contribution in [1.29, 1.82) is 0 Å².